The summed E-state index contributed by atoms with van der Waals surface area (Å²) in [5, 5.41) is 10.1. The molecule has 1 amide bonds. The Hall–Kier alpha value is -2.45. The van der Waals surface area contributed by atoms with Crippen molar-refractivity contribution in [3.8, 4) is 6.07 Å². The molecule has 0 radical (unpaired) electrons. The second-order valence-electron chi connectivity index (χ2n) is 7.02. The van der Waals surface area contributed by atoms with Crippen LogP contribution in [0.25, 0.3) is 0 Å². The van der Waals surface area contributed by atoms with Crippen molar-refractivity contribution < 1.29 is 4.79 Å². The summed E-state index contributed by atoms with van der Waals surface area (Å²) in [7, 11) is 0. The molecule has 1 saturated heterocycles. The Balaban J connectivity index is 1.86. The minimum Gasteiger partial charge on any atom is -0.397 e. The molecule has 26 heavy (non-hydrogen) atoms. The number of hydrogen-bond donors (Lipinski definition) is 1. The summed E-state index contributed by atoms with van der Waals surface area (Å²) in [5.41, 5.74) is 8.87. The van der Waals surface area contributed by atoms with Gasteiger partial charge in [0.1, 0.15) is 18.3 Å². The third-order valence-electron chi connectivity index (χ3n) is 4.92. The Bertz CT molecular complexity index is 852. The molecule has 3 rings (SSSR count). The Morgan fingerprint density at radius 1 is 1.42 bits per heavy atom. The fourth-order valence-electron chi connectivity index (χ4n) is 3.57. The van der Waals surface area contributed by atoms with E-state index in [1.165, 1.54) is 0 Å². The van der Waals surface area contributed by atoms with Gasteiger partial charge in [-0.25, -0.2) is 0 Å². The Kier molecular flexibility index (Phi) is 5.53. The molecule has 1 aromatic carbocycles. The summed E-state index contributed by atoms with van der Waals surface area (Å²) in [6, 6.07) is 11.3. The molecule has 1 aromatic heterocycles. The van der Waals surface area contributed by atoms with Crippen LogP contribution in [0.1, 0.15) is 36.7 Å². The molecule has 5 nitrogen and oxygen atoms in total. The number of hydrogen-bond acceptors (Lipinski definition) is 3. The number of halogens is 1. The highest BCUT2D eigenvalue weighted by Gasteiger charge is 2.23. The van der Waals surface area contributed by atoms with Gasteiger partial charge in [-0.3, -0.25) is 4.79 Å². The normalized spacial score (nSPS) is 17.1. The Morgan fingerprint density at radius 3 is 2.92 bits per heavy atom. The fourth-order valence-corrected chi connectivity index (χ4v) is 3.78. The maximum absolute atomic E-state index is 12.8. The fraction of sp³-hybridized carbons (Fsp3) is 0.400. The number of rotatable bonds is 4. The average molecular weight is 371 g/mol. The third-order valence-corrected chi connectivity index (χ3v) is 5.16. The second kappa shape index (κ2) is 7.84. The first-order chi connectivity index (χ1) is 12.5. The number of nitriles is 1. The molecular weight excluding hydrogens is 348 g/mol. The number of nitrogen functional groups attached to an aromatic ring is 1. The summed E-state index contributed by atoms with van der Waals surface area (Å²) >= 11 is 6.07. The summed E-state index contributed by atoms with van der Waals surface area (Å²) in [4.78, 5) is 14.7. The number of nitrogens with zero attached hydrogens (tertiary/aromatic N) is 3. The van der Waals surface area contributed by atoms with Gasteiger partial charge in [-0.2, -0.15) is 5.26 Å². The van der Waals surface area contributed by atoms with Gasteiger partial charge < -0.3 is 15.2 Å². The van der Waals surface area contributed by atoms with E-state index in [-0.39, 0.29) is 12.5 Å². The quantitative estimate of drug-likeness (QED) is 0.895. The minimum absolute atomic E-state index is 0.0380. The molecule has 2 heterocycles. The lowest BCUT2D eigenvalue weighted by molar-refractivity contribution is -0.133. The van der Waals surface area contributed by atoms with Crippen LogP contribution in [-0.2, 0) is 17.8 Å². The summed E-state index contributed by atoms with van der Waals surface area (Å²) in [5.74, 6) is 0.555. The van der Waals surface area contributed by atoms with Crippen LogP contribution < -0.4 is 5.73 Å². The lowest BCUT2D eigenvalue weighted by atomic mass is 10.0. The van der Waals surface area contributed by atoms with E-state index in [1.807, 2.05) is 29.2 Å². The van der Waals surface area contributed by atoms with Gasteiger partial charge in [0.25, 0.3) is 0 Å². The molecule has 2 N–H and O–H groups in total. The van der Waals surface area contributed by atoms with Gasteiger partial charge >= 0.3 is 0 Å². The van der Waals surface area contributed by atoms with Crippen LogP contribution in [0.3, 0.4) is 0 Å². The van der Waals surface area contributed by atoms with Gasteiger partial charge in [-0.15, -0.1) is 0 Å². The van der Waals surface area contributed by atoms with E-state index >= 15 is 0 Å². The van der Waals surface area contributed by atoms with Crippen molar-refractivity contribution >= 4 is 23.2 Å². The number of carbonyl (C=O) groups excluding carboxylic acids is 1. The highest BCUT2D eigenvalue weighted by atomic mass is 35.5. The molecule has 6 heteroatoms. The minimum atomic E-state index is 0.0380. The molecule has 0 bridgehead atoms. The first-order valence-electron chi connectivity index (χ1n) is 8.88. The molecule has 136 valence electrons. The number of carbonyl (C=O) groups is 1. The highest BCUT2D eigenvalue weighted by molar-refractivity contribution is 6.30. The van der Waals surface area contributed by atoms with Gasteiger partial charge in [0.2, 0.25) is 5.91 Å². The van der Waals surface area contributed by atoms with Crippen molar-refractivity contribution in [1.29, 1.82) is 5.26 Å². The standard InChI is InChI=1S/C20H23ClN4O/c1-14-4-3-7-24(12-14)20(26)13-25-17(11-22)10-18(23)19(25)9-15-5-2-6-16(21)8-15/h2,5-6,8,10,14H,3-4,7,9,12-13,23H2,1H3/t14-/m1/s1. The van der Waals surface area contributed by atoms with Crippen LogP contribution in [0.5, 0.6) is 0 Å². The van der Waals surface area contributed by atoms with E-state index in [9.17, 15) is 10.1 Å². The average Bonchev–Trinajstić information content (AvgIpc) is 2.90. The number of benzene rings is 1. The van der Waals surface area contributed by atoms with Crippen LogP contribution in [0.4, 0.5) is 5.69 Å². The van der Waals surface area contributed by atoms with E-state index in [2.05, 4.69) is 13.0 Å². The first kappa shape index (κ1) is 18.3. The van der Waals surface area contributed by atoms with Crippen molar-refractivity contribution in [1.82, 2.24) is 9.47 Å². The molecular formula is C20H23ClN4O. The molecule has 2 aromatic rings. The SMILES string of the molecule is C[C@@H]1CCCN(C(=O)Cn2c(C#N)cc(N)c2Cc2cccc(Cl)c2)C1. The van der Waals surface area contributed by atoms with E-state index in [1.54, 1.807) is 10.6 Å². The monoisotopic (exact) mass is 370 g/mol. The van der Waals surface area contributed by atoms with Gasteiger partial charge in [0, 0.05) is 30.2 Å². The van der Waals surface area contributed by atoms with Crippen molar-refractivity contribution in [3.63, 3.8) is 0 Å². The van der Waals surface area contributed by atoms with Crippen LogP contribution in [0, 0.1) is 17.2 Å². The molecule has 0 spiro atoms. The largest absolute Gasteiger partial charge is 0.397 e. The molecule has 1 fully saturated rings. The zero-order valence-electron chi connectivity index (χ0n) is 14.9. The maximum Gasteiger partial charge on any atom is 0.242 e. The van der Waals surface area contributed by atoms with Crippen LogP contribution in [0.2, 0.25) is 5.02 Å². The molecule has 0 aliphatic carbocycles. The summed E-state index contributed by atoms with van der Waals surface area (Å²) in [6.07, 6.45) is 2.71. The van der Waals surface area contributed by atoms with Gasteiger partial charge in [-0.05, 0) is 42.5 Å². The number of nitrogens with two attached hydrogens (primary N) is 1. The number of anilines is 1. The molecule has 0 saturated carbocycles. The third kappa shape index (κ3) is 4.03. The highest BCUT2D eigenvalue weighted by Crippen LogP contribution is 2.24. The summed E-state index contributed by atoms with van der Waals surface area (Å²) < 4.78 is 1.75. The van der Waals surface area contributed by atoms with Crippen molar-refractivity contribution in [2.75, 3.05) is 18.8 Å². The molecule has 1 aliphatic heterocycles. The molecule has 1 aliphatic rings. The van der Waals surface area contributed by atoms with E-state index < -0.39 is 0 Å². The molecule has 1 atom stereocenters. The van der Waals surface area contributed by atoms with E-state index in [0.29, 0.717) is 28.7 Å². The van der Waals surface area contributed by atoms with E-state index in [4.69, 9.17) is 17.3 Å². The predicted molar refractivity (Wildman–Crippen MR) is 103 cm³/mol. The van der Waals surface area contributed by atoms with Crippen molar-refractivity contribution in [2.45, 2.75) is 32.7 Å². The zero-order chi connectivity index (χ0) is 18.7. The van der Waals surface area contributed by atoms with Gasteiger partial charge in [0.15, 0.2) is 0 Å². The smallest absolute Gasteiger partial charge is 0.242 e. The summed E-state index contributed by atoms with van der Waals surface area (Å²) in [6.45, 7) is 3.87. The van der Waals surface area contributed by atoms with E-state index in [0.717, 1.165) is 37.2 Å². The van der Waals surface area contributed by atoms with Crippen molar-refractivity contribution in [2.24, 2.45) is 5.92 Å². The van der Waals surface area contributed by atoms with Gasteiger partial charge in [-0.1, -0.05) is 30.7 Å². The predicted octanol–water partition coefficient (Wildman–Crippen LogP) is 3.44. The lowest BCUT2D eigenvalue weighted by Crippen LogP contribution is -2.41. The number of piperidine rings is 1. The topological polar surface area (TPSA) is 75.0 Å². The van der Waals surface area contributed by atoms with Crippen molar-refractivity contribution in [3.05, 3.63) is 52.3 Å². The van der Waals surface area contributed by atoms with Crippen LogP contribution >= 0.6 is 11.6 Å². The lowest BCUT2D eigenvalue weighted by Gasteiger charge is -2.31. The zero-order valence-corrected chi connectivity index (χ0v) is 15.7. The number of likely N-dealkylation sites (tertiary alicyclic amines) is 1. The first-order valence-corrected chi connectivity index (χ1v) is 9.26. The van der Waals surface area contributed by atoms with Gasteiger partial charge in [0.05, 0.1) is 5.69 Å². The Labute approximate surface area is 159 Å². The van der Waals surface area contributed by atoms with Crippen LogP contribution in [0.15, 0.2) is 30.3 Å². The number of amides is 1. The maximum atomic E-state index is 12.8. The second-order valence-corrected chi connectivity index (χ2v) is 7.46. The Morgan fingerprint density at radius 2 is 2.23 bits per heavy atom. The van der Waals surface area contributed by atoms with Crippen LogP contribution in [-0.4, -0.2) is 28.5 Å². The number of aromatic nitrogens is 1. The molecule has 0 unspecified atom stereocenters.